The molecule has 0 unspecified atom stereocenters. The Bertz CT molecular complexity index is 695. The van der Waals surface area contributed by atoms with Crippen molar-refractivity contribution in [2.24, 2.45) is 5.73 Å². The Labute approximate surface area is 125 Å². The number of hydrogen-bond acceptors (Lipinski definition) is 5. The van der Waals surface area contributed by atoms with Crippen molar-refractivity contribution in [1.29, 1.82) is 0 Å². The van der Waals surface area contributed by atoms with Crippen LogP contribution in [0.15, 0.2) is 38.4 Å². The lowest BCUT2D eigenvalue weighted by Gasteiger charge is -2.05. The molecular weight excluding hydrogens is 346 g/mol. The smallest absolute Gasteiger partial charge is 0.245 e. The zero-order valence-electron chi connectivity index (χ0n) is 10.8. The molecule has 0 aliphatic heterocycles. The molecule has 2 heterocycles. The highest BCUT2D eigenvalue weighted by atomic mass is 79.9. The van der Waals surface area contributed by atoms with Gasteiger partial charge in [0.1, 0.15) is 10.7 Å². The summed E-state index contributed by atoms with van der Waals surface area (Å²) in [6, 6.07) is 5.05. The SMILES string of the molecule is Cc1ccc(CNS(=O)(=O)c2cc(CN)oc2Br)cn1. The zero-order valence-corrected chi connectivity index (χ0v) is 13.2. The van der Waals surface area contributed by atoms with E-state index in [9.17, 15) is 8.42 Å². The van der Waals surface area contributed by atoms with E-state index in [0.29, 0.717) is 5.76 Å². The molecule has 0 aromatic carbocycles. The third kappa shape index (κ3) is 3.45. The zero-order chi connectivity index (χ0) is 14.8. The van der Waals surface area contributed by atoms with Gasteiger partial charge in [0.25, 0.3) is 0 Å². The van der Waals surface area contributed by atoms with Crippen molar-refractivity contribution in [2.75, 3.05) is 0 Å². The van der Waals surface area contributed by atoms with Crippen LogP contribution >= 0.6 is 15.9 Å². The van der Waals surface area contributed by atoms with Crippen LogP contribution in [0.5, 0.6) is 0 Å². The highest BCUT2D eigenvalue weighted by Crippen LogP contribution is 2.25. The van der Waals surface area contributed by atoms with Crippen LogP contribution in [0.25, 0.3) is 0 Å². The molecule has 108 valence electrons. The predicted octanol–water partition coefficient (Wildman–Crippen LogP) is 1.68. The molecule has 2 rings (SSSR count). The molecule has 0 saturated heterocycles. The van der Waals surface area contributed by atoms with Gasteiger partial charge < -0.3 is 10.2 Å². The first-order valence-electron chi connectivity index (χ1n) is 5.82. The summed E-state index contributed by atoms with van der Waals surface area (Å²) in [5.41, 5.74) is 7.07. The Kier molecular flexibility index (Phi) is 4.59. The van der Waals surface area contributed by atoms with Crippen LogP contribution in [0.3, 0.4) is 0 Å². The predicted molar refractivity (Wildman–Crippen MR) is 77.3 cm³/mol. The van der Waals surface area contributed by atoms with Gasteiger partial charge >= 0.3 is 0 Å². The number of nitrogens with zero attached hydrogens (tertiary/aromatic N) is 1. The van der Waals surface area contributed by atoms with Gasteiger partial charge in [-0.05, 0) is 34.5 Å². The Morgan fingerprint density at radius 3 is 2.75 bits per heavy atom. The van der Waals surface area contributed by atoms with Crippen LogP contribution in [0.1, 0.15) is 17.0 Å². The molecule has 0 saturated carbocycles. The van der Waals surface area contributed by atoms with Crippen LogP contribution in [0.4, 0.5) is 0 Å². The van der Waals surface area contributed by atoms with E-state index in [-0.39, 0.29) is 22.7 Å². The second kappa shape index (κ2) is 6.04. The van der Waals surface area contributed by atoms with E-state index in [1.54, 1.807) is 6.20 Å². The maximum atomic E-state index is 12.2. The van der Waals surface area contributed by atoms with Crippen LogP contribution in [-0.4, -0.2) is 13.4 Å². The number of aryl methyl sites for hydroxylation is 1. The molecule has 2 aromatic heterocycles. The number of nitrogens with two attached hydrogens (primary N) is 1. The van der Waals surface area contributed by atoms with E-state index in [1.807, 2.05) is 19.1 Å². The molecule has 0 radical (unpaired) electrons. The molecule has 0 fully saturated rings. The number of nitrogens with one attached hydrogen (secondary N) is 1. The lowest BCUT2D eigenvalue weighted by Crippen LogP contribution is -2.23. The van der Waals surface area contributed by atoms with Gasteiger partial charge in [-0.3, -0.25) is 4.98 Å². The molecule has 0 atom stereocenters. The Balaban J connectivity index is 2.14. The van der Waals surface area contributed by atoms with Crippen LogP contribution in [0, 0.1) is 6.92 Å². The van der Waals surface area contributed by atoms with E-state index < -0.39 is 10.0 Å². The number of pyridine rings is 1. The normalized spacial score (nSPS) is 11.8. The average molecular weight is 360 g/mol. The third-order valence-corrected chi connectivity index (χ3v) is 4.89. The van der Waals surface area contributed by atoms with Gasteiger partial charge in [-0.15, -0.1) is 0 Å². The van der Waals surface area contributed by atoms with E-state index in [1.165, 1.54) is 6.07 Å². The maximum Gasteiger partial charge on any atom is 0.245 e. The van der Waals surface area contributed by atoms with Gasteiger partial charge in [0.2, 0.25) is 10.0 Å². The van der Waals surface area contributed by atoms with Gasteiger partial charge in [0, 0.05) is 24.5 Å². The van der Waals surface area contributed by atoms with Gasteiger partial charge in [-0.1, -0.05) is 6.07 Å². The van der Waals surface area contributed by atoms with Gasteiger partial charge in [-0.25, -0.2) is 13.1 Å². The summed E-state index contributed by atoms with van der Waals surface area (Å²) in [5, 5.41) is 0. The molecule has 0 spiro atoms. The minimum absolute atomic E-state index is 0.0398. The lowest BCUT2D eigenvalue weighted by atomic mass is 10.2. The second-order valence-corrected chi connectivity index (χ2v) is 6.64. The number of hydrogen-bond donors (Lipinski definition) is 2. The largest absolute Gasteiger partial charge is 0.452 e. The highest BCUT2D eigenvalue weighted by molar-refractivity contribution is 9.10. The quantitative estimate of drug-likeness (QED) is 0.846. The number of sulfonamides is 1. The summed E-state index contributed by atoms with van der Waals surface area (Å²) in [7, 11) is -3.66. The van der Waals surface area contributed by atoms with Gasteiger partial charge in [0.05, 0.1) is 6.54 Å². The first-order valence-corrected chi connectivity index (χ1v) is 8.09. The molecule has 3 N–H and O–H groups in total. The fourth-order valence-corrected chi connectivity index (χ4v) is 3.55. The second-order valence-electron chi connectivity index (χ2n) is 4.19. The summed E-state index contributed by atoms with van der Waals surface area (Å²) in [5.74, 6) is 0.397. The molecule has 6 nitrogen and oxygen atoms in total. The first kappa shape index (κ1) is 15.2. The van der Waals surface area contributed by atoms with E-state index in [4.69, 9.17) is 10.2 Å². The van der Waals surface area contributed by atoms with E-state index in [2.05, 4.69) is 25.6 Å². The van der Waals surface area contributed by atoms with Crippen LogP contribution in [-0.2, 0) is 23.1 Å². The van der Waals surface area contributed by atoms with Crippen molar-refractivity contribution in [1.82, 2.24) is 9.71 Å². The summed E-state index contributed by atoms with van der Waals surface area (Å²) in [6.45, 7) is 2.16. The highest BCUT2D eigenvalue weighted by Gasteiger charge is 2.21. The van der Waals surface area contributed by atoms with Crippen LogP contribution < -0.4 is 10.5 Å². The van der Waals surface area contributed by atoms with Crippen molar-refractivity contribution < 1.29 is 12.8 Å². The Hall–Kier alpha value is -1.22. The summed E-state index contributed by atoms with van der Waals surface area (Å²) in [6.07, 6.45) is 1.63. The molecule has 8 heteroatoms. The molecule has 0 amide bonds. The molecule has 0 aliphatic rings. The summed E-state index contributed by atoms with van der Waals surface area (Å²) >= 11 is 3.08. The summed E-state index contributed by atoms with van der Waals surface area (Å²) in [4.78, 5) is 4.15. The van der Waals surface area contributed by atoms with Gasteiger partial charge in [0.15, 0.2) is 4.67 Å². The minimum atomic E-state index is -3.66. The standard InChI is InChI=1S/C12H14BrN3O3S/c1-8-2-3-9(6-15-8)7-16-20(17,18)11-4-10(5-14)19-12(11)13/h2-4,6,16H,5,7,14H2,1H3. The molecule has 2 aromatic rings. The van der Waals surface area contributed by atoms with E-state index >= 15 is 0 Å². The summed E-state index contributed by atoms with van der Waals surface area (Å²) < 4.78 is 32.1. The number of rotatable bonds is 5. The topological polar surface area (TPSA) is 98.2 Å². The number of halogens is 1. The molecule has 0 bridgehead atoms. The molecule has 20 heavy (non-hydrogen) atoms. The molecular formula is C12H14BrN3O3S. The Morgan fingerprint density at radius 2 is 2.20 bits per heavy atom. The fourth-order valence-electron chi connectivity index (χ4n) is 1.54. The van der Waals surface area contributed by atoms with Crippen molar-refractivity contribution in [3.05, 3.63) is 46.1 Å². The van der Waals surface area contributed by atoms with Gasteiger partial charge in [-0.2, -0.15) is 0 Å². The lowest BCUT2D eigenvalue weighted by molar-refractivity contribution is 0.483. The number of aromatic nitrogens is 1. The average Bonchev–Trinajstić information content (AvgIpc) is 2.80. The number of furan rings is 1. The van der Waals surface area contributed by atoms with Crippen molar-refractivity contribution >= 4 is 26.0 Å². The van der Waals surface area contributed by atoms with Crippen molar-refractivity contribution in [3.63, 3.8) is 0 Å². The molecule has 0 aliphatic carbocycles. The minimum Gasteiger partial charge on any atom is -0.452 e. The third-order valence-electron chi connectivity index (χ3n) is 2.64. The fraction of sp³-hybridized carbons (Fsp3) is 0.250. The Morgan fingerprint density at radius 1 is 1.45 bits per heavy atom. The maximum absolute atomic E-state index is 12.2. The van der Waals surface area contributed by atoms with Crippen LogP contribution in [0.2, 0.25) is 0 Å². The first-order chi connectivity index (χ1) is 9.42. The monoisotopic (exact) mass is 359 g/mol. The van der Waals surface area contributed by atoms with Crippen molar-refractivity contribution in [2.45, 2.75) is 24.9 Å². The van der Waals surface area contributed by atoms with E-state index in [0.717, 1.165) is 11.3 Å². The van der Waals surface area contributed by atoms with Crippen molar-refractivity contribution in [3.8, 4) is 0 Å².